The number of rotatable bonds is 13. The largest absolute Gasteiger partial charge is 0.489 e. The summed E-state index contributed by atoms with van der Waals surface area (Å²) < 4.78 is 6.05. The molecule has 2 aromatic rings. The van der Waals surface area contributed by atoms with E-state index in [1.165, 1.54) is 43.4 Å². The second kappa shape index (κ2) is 15.5. The van der Waals surface area contributed by atoms with E-state index in [0.717, 1.165) is 51.1 Å². The van der Waals surface area contributed by atoms with Gasteiger partial charge in [-0.25, -0.2) is 0 Å². The molecule has 1 saturated carbocycles. The normalized spacial score (nSPS) is 17.8. The van der Waals surface area contributed by atoms with Crippen LogP contribution in [0.15, 0.2) is 54.6 Å². The van der Waals surface area contributed by atoms with Crippen LogP contribution in [0.25, 0.3) is 0 Å². The monoisotopic (exact) mass is 547 g/mol. The fraction of sp³-hybridized carbons (Fsp3) is 0.629. The maximum absolute atomic E-state index is 13.7. The quantitative estimate of drug-likeness (QED) is 0.283. The van der Waals surface area contributed by atoms with E-state index < -0.39 is 0 Å². The number of piperidine rings is 1. The number of amides is 1. The Morgan fingerprint density at radius 2 is 1.57 bits per heavy atom. The highest BCUT2D eigenvalue weighted by molar-refractivity contribution is 5.82. The summed E-state index contributed by atoms with van der Waals surface area (Å²) in [6, 6.07) is 19.9. The van der Waals surface area contributed by atoms with Crippen molar-refractivity contribution in [1.29, 1.82) is 0 Å². The topological polar surface area (TPSA) is 44.8 Å². The van der Waals surface area contributed by atoms with Crippen molar-refractivity contribution in [3.8, 4) is 5.75 Å². The van der Waals surface area contributed by atoms with Gasteiger partial charge in [-0.15, -0.1) is 0 Å². The van der Waals surface area contributed by atoms with Crippen molar-refractivity contribution in [1.82, 2.24) is 10.2 Å². The van der Waals surface area contributed by atoms with E-state index in [1.807, 2.05) is 18.2 Å². The van der Waals surface area contributed by atoms with E-state index >= 15 is 0 Å². The fourth-order valence-corrected chi connectivity index (χ4v) is 6.28. The molecule has 220 valence electrons. The van der Waals surface area contributed by atoms with Crippen LogP contribution in [-0.4, -0.2) is 48.6 Å². The Kier molecular flexibility index (Phi) is 11.8. The number of benzene rings is 2. The van der Waals surface area contributed by atoms with Crippen LogP contribution in [0, 0.1) is 11.8 Å². The van der Waals surface area contributed by atoms with Gasteiger partial charge in [0.1, 0.15) is 12.4 Å². The summed E-state index contributed by atoms with van der Waals surface area (Å²) >= 11 is 0. The van der Waals surface area contributed by atoms with E-state index in [2.05, 4.69) is 79.2 Å². The number of ether oxygens (including phenoxy) is 1. The number of likely N-dealkylation sites (tertiary alicyclic amines) is 1. The zero-order chi connectivity index (χ0) is 28.3. The molecule has 2 aromatic carbocycles. The van der Waals surface area contributed by atoms with Gasteiger partial charge in [0.05, 0.1) is 6.04 Å². The average Bonchev–Trinajstić information content (AvgIpc) is 2.97. The maximum Gasteiger partial charge on any atom is 0.239 e. The van der Waals surface area contributed by atoms with Gasteiger partial charge in [0.2, 0.25) is 5.91 Å². The summed E-state index contributed by atoms with van der Waals surface area (Å²) in [6.07, 6.45) is 10.5. The number of nitrogens with zero attached hydrogens (tertiary/aromatic N) is 2. The van der Waals surface area contributed by atoms with E-state index in [0.29, 0.717) is 36.4 Å². The first kappa shape index (κ1) is 30.4. The van der Waals surface area contributed by atoms with Gasteiger partial charge < -0.3 is 19.9 Å². The van der Waals surface area contributed by atoms with E-state index in [1.54, 1.807) is 0 Å². The van der Waals surface area contributed by atoms with Crippen molar-refractivity contribution < 1.29 is 9.53 Å². The minimum absolute atomic E-state index is 0.0416. The molecule has 1 atom stereocenters. The van der Waals surface area contributed by atoms with Crippen LogP contribution >= 0.6 is 0 Å². The molecule has 1 saturated heterocycles. The molecule has 0 spiro atoms. The lowest BCUT2D eigenvalue weighted by atomic mass is 9.93. The third-order valence-electron chi connectivity index (χ3n) is 8.63. The Balaban J connectivity index is 1.36. The van der Waals surface area contributed by atoms with Crippen LogP contribution in [0.5, 0.6) is 5.75 Å². The molecule has 0 radical (unpaired) electrons. The van der Waals surface area contributed by atoms with Gasteiger partial charge in [-0.2, -0.15) is 0 Å². The van der Waals surface area contributed by atoms with Crippen molar-refractivity contribution in [2.45, 2.75) is 110 Å². The highest BCUT2D eigenvalue weighted by Crippen LogP contribution is 2.28. The average molecular weight is 548 g/mol. The molecule has 0 aromatic heterocycles. The van der Waals surface area contributed by atoms with Crippen LogP contribution in [0.1, 0.15) is 91.0 Å². The molecule has 5 nitrogen and oxygen atoms in total. The summed E-state index contributed by atoms with van der Waals surface area (Å²) in [5.41, 5.74) is 2.44. The summed E-state index contributed by atoms with van der Waals surface area (Å²) in [5, 5.41) is 3.79. The van der Waals surface area contributed by atoms with Crippen molar-refractivity contribution in [2.75, 3.05) is 24.5 Å². The lowest BCUT2D eigenvalue weighted by molar-refractivity contribution is -0.135. The van der Waals surface area contributed by atoms with Crippen molar-refractivity contribution >= 4 is 11.6 Å². The smallest absolute Gasteiger partial charge is 0.239 e. The molecule has 0 bridgehead atoms. The Labute approximate surface area is 243 Å². The first-order valence-electron chi connectivity index (χ1n) is 16.0. The molecule has 1 N–H and O–H groups in total. The SMILES string of the molecule is CC(C)CCN(c1ccc(OCc2ccccc2)cc1)C1CCN(C(=O)C(CC(C)C)NC2CCCCC2)CC1. The third-order valence-corrected chi connectivity index (χ3v) is 8.63. The van der Waals surface area contributed by atoms with Gasteiger partial charge in [0, 0.05) is 37.4 Å². The van der Waals surface area contributed by atoms with Crippen LogP contribution in [0.3, 0.4) is 0 Å². The van der Waals surface area contributed by atoms with Gasteiger partial charge >= 0.3 is 0 Å². The van der Waals surface area contributed by atoms with Crippen LogP contribution < -0.4 is 15.0 Å². The molecule has 1 aliphatic carbocycles. The van der Waals surface area contributed by atoms with Crippen LogP contribution in [-0.2, 0) is 11.4 Å². The zero-order valence-corrected chi connectivity index (χ0v) is 25.5. The number of carbonyl (C=O) groups is 1. The first-order chi connectivity index (χ1) is 19.4. The molecular formula is C35H53N3O2. The highest BCUT2D eigenvalue weighted by atomic mass is 16.5. The predicted molar refractivity (Wildman–Crippen MR) is 167 cm³/mol. The predicted octanol–water partition coefficient (Wildman–Crippen LogP) is 7.45. The van der Waals surface area contributed by atoms with Crippen LogP contribution in [0.4, 0.5) is 5.69 Å². The highest BCUT2D eigenvalue weighted by Gasteiger charge is 2.32. The second-order valence-corrected chi connectivity index (χ2v) is 12.9. The third kappa shape index (κ3) is 9.26. The summed E-state index contributed by atoms with van der Waals surface area (Å²) in [4.78, 5) is 18.5. The summed E-state index contributed by atoms with van der Waals surface area (Å²) in [7, 11) is 0. The Bertz CT molecular complexity index is 993. The van der Waals surface area contributed by atoms with Gasteiger partial charge in [0.15, 0.2) is 0 Å². The standard InChI is InChI=1S/C35H53N3O2/c1-27(2)19-24-38(31-15-17-33(18-16-31)40-26-29-11-7-5-8-12-29)32-20-22-37(23-21-32)35(39)34(25-28(3)4)36-30-13-9-6-10-14-30/h5,7-8,11-12,15-18,27-28,30,32,34,36H,6,9-10,13-14,19-26H2,1-4H3. The van der Waals surface area contributed by atoms with Gasteiger partial charge in [0.25, 0.3) is 0 Å². The van der Waals surface area contributed by atoms with Gasteiger partial charge in [-0.3, -0.25) is 4.79 Å². The molecule has 1 aliphatic heterocycles. The lowest BCUT2D eigenvalue weighted by Crippen LogP contribution is -2.54. The second-order valence-electron chi connectivity index (χ2n) is 12.9. The number of nitrogens with one attached hydrogen (secondary N) is 1. The molecule has 5 heteroatoms. The minimum Gasteiger partial charge on any atom is -0.489 e. The fourth-order valence-electron chi connectivity index (χ4n) is 6.28. The molecule has 2 aliphatic rings. The number of anilines is 1. The first-order valence-corrected chi connectivity index (χ1v) is 16.0. The lowest BCUT2D eigenvalue weighted by Gasteiger charge is -2.41. The summed E-state index contributed by atoms with van der Waals surface area (Å²) in [5.74, 6) is 2.39. The zero-order valence-electron chi connectivity index (χ0n) is 25.5. The van der Waals surface area contributed by atoms with Crippen molar-refractivity contribution in [2.24, 2.45) is 11.8 Å². The number of hydrogen-bond donors (Lipinski definition) is 1. The Morgan fingerprint density at radius 3 is 2.20 bits per heavy atom. The Morgan fingerprint density at radius 1 is 0.900 bits per heavy atom. The number of hydrogen-bond acceptors (Lipinski definition) is 4. The Hall–Kier alpha value is -2.53. The number of carbonyl (C=O) groups excluding carboxylic acids is 1. The van der Waals surface area contributed by atoms with E-state index in [4.69, 9.17) is 4.74 Å². The molecule has 1 amide bonds. The van der Waals surface area contributed by atoms with Gasteiger partial charge in [-0.05, 0) is 80.2 Å². The van der Waals surface area contributed by atoms with Crippen molar-refractivity contribution in [3.05, 3.63) is 60.2 Å². The van der Waals surface area contributed by atoms with Crippen LogP contribution in [0.2, 0.25) is 0 Å². The molecule has 40 heavy (non-hydrogen) atoms. The molecule has 4 rings (SSSR count). The summed E-state index contributed by atoms with van der Waals surface area (Å²) in [6.45, 7) is 12.4. The van der Waals surface area contributed by atoms with Crippen molar-refractivity contribution in [3.63, 3.8) is 0 Å². The van der Waals surface area contributed by atoms with E-state index in [-0.39, 0.29) is 6.04 Å². The molecular weight excluding hydrogens is 494 g/mol. The minimum atomic E-state index is -0.0416. The molecule has 2 fully saturated rings. The van der Waals surface area contributed by atoms with Gasteiger partial charge in [-0.1, -0.05) is 77.3 Å². The maximum atomic E-state index is 13.7. The molecule has 1 heterocycles. The molecule has 1 unspecified atom stereocenters. The van der Waals surface area contributed by atoms with E-state index in [9.17, 15) is 4.79 Å².